The molecule has 1 aromatic heterocycles. The molecular formula is C13H18ClN3O2. The van der Waals surface area contributed by atoms with E-state index in [4.69, 9.17) is 11.6 Å². The molecule has 0 saturated heterocycles. The summed E-state index contributed by atoms with van der Waals surface area (Å²) >= 11 is 5.64. The van der Waals surface area contributed by atoms with Gasteiger partial charge >= 0.3 is 0 Å². The van der Waals surface area contributed by atoms with Gasteiger partial charge in [0.25, 0.3) is 5.91 Å². The monoisotopic (exact) mass is 283 g/mol. The van der Waals surface area contributed by atoms with Crippen LogP contribution in [0.5, 0.6) is 0 Å². The first-order chi connectivity index (χ1) is 8.69. The van der Waals surface area contributed by atoms with Gasteiger partial charge in [-0.05, 0) is 39.8 Å². The summed E-state index contributed by atoms with van der Waals surface area (Å²) in [4.78, 5) is 27.5. The molecule has 5 nitrogen and oxygen atoms in total. The van der Waals surface area contributed by atoms with E-state index in [1.807, 2.05) is 20.8 Å². The predicted octanol–water partition coefficient (Wildman–Crippen LogP) is 1.77. The van der Waals surface area contributed by atoms with Crippen molar-refractivity contribution in [3.8, 4) is 0 Å². The molecule has 104 valence electrons. The van der Waals surface area contributed by atoms with Gasteiger partial charge in [-0.15, -0.1) is 0 Å². The molecule has 1 atom stereocenters. The first kappa shape index (κ1) is 15.4. The standard InChI is InChI=1S/C13H18ClN3O2/c1-8(11(18)17-13(2,3)4)16-12(19)9-5-6-10(14)15-7-9/h5-8H,1-4H3,(H,16,19)(H,17,18). The Morgan fingerprint density at radius 3 is 2.42 bits per heavy atom. The van der Waals surface area contributed by atoms with Crippen molar-refractivity contribution in [1.29, 1.82) is 0 Å². The number of amides is 2. The third-order valence-electron chi connectivity index (χ3n) is 2.23. The highest BCUT2D eigenvalue weighted by atomic mass is 35.5. The van der Waals surface area contributed by atoms with Crippen molar-refractivity contribution >= 4 is 23.4 Å². The van der Waals surface area contributed by atoms with E-state index in [0.717, 1.165) is 0 Å². The summed E-state index contributed by atoms with van der Waals surface area (Å²) in [6, 6.07) is 2.46. The zero-order valence-corrected chi connectivity index (χ0v) is 12.2. The van der Waals surface area contributed by atoms with Crippen LogP contribution in [0.2, 0.25) is 5.15 Å². The summed E-state index contributed by atoms with van der Waals surface area (Å²) in [6.45, 7) is 7.26. The number of carbonyl (C=O) groups excluding carboxylic acids is 2. The van der Waals surface area contributed by atoms with Gasteiger partial charge in [-0.1, -0.05) is 11.6 Å². The van der Waals surface area contributed by atoms with Crippen molar-refractivity contribution in [1.82, 2.24) is 15.6 Å². The number of aromatic nitrogens is 1. The van der Waals surface area contributed by atoms with Crippen molar-refractivity contribution < 1.29 is 9.59 Å². The molecule has 1 unspecified atom stereocenters. The minimum Gasteiger partial charge on any atom is -0.350 e. The van der Waals surface area contributed by atoms with Crippen molar-refractivity contribution in [3.05, 3.63) is 29.0 Å². The van der Waals surface area contributed by atoms with Crippen LogP contribution in [0.3, 0.4) is 0 Å². The summed E-state index contributed by atoms with van der Waals surface area (Å²) in [5.74, 6) is -0.594. The highest BCUT2D eigenvalue weighted by molar-refractivity contribution is 6.29. The molecule has 0 aliphatic heterocycles. The third kappa shape index (κ3) is 5.26. The fourth-order valence-corrected chi connectivity index (χ4v) is 1.45. The molecule has 0 aliphatic rings. The number of hydrogen-bond donors (Lipinski definition) is 2. The number of nitrogens with one attached hydrogen (secondary N) is 2. The van der Waals surface area contributed by atoms with E-state index < -0.39 is 6.04 Å². The van der Waals surface area contributed by atoms with E-state index in [1.54, 1.807) is 13.0 Å². The highest BCUT2D eigenvalue weighted by Crippen LogP contribution is 2.05. The van der Waals surface area contributed by atoms with Crippen molar-refractivity contribution in [2.45, 2.75) is 39.3 Å². The Labute approximate surface area is 117 Å². The van der Waals surface area contributed by atoms with Gasteiger partial charge in [0, 0.05) is 11.7 Å². The van der Waals surface area contributed by atoms with Gasteiger partial charge in [-0.25, -0.2) is 4.98 Å². The molecule has 19 heavy (non-hydrogen) atoms. The highest BCUT2D eigenvalue weighted by Gasteiger charge is 2.21. The Bertz CT molecular complexity index is 466. The number of halogens is 1. The minimum atomic E-state index is -0.623. The second-order valence-corrected chi connectivity index (χ2v) is 5.69. The second-order valence-electron chi connectivity index (χ2n) is 5.30. The Balaban J connectivity index is 2.61. The molecule has 0 radical (unpaired) electrons. The molecule has 2 N–H and O–H groups in total. The molecule has 0 fully saturated rings. The molecule has 0 bridgehead atoms. The average molecular weight is 284 g/mol. The molecule has 1 rings (SSSR count). The third-order valence-corrected chi connectivity index (χ3v) is 2.45. The predicted molar refractivity (Wildman–Crippen MR) is 74.1 cm³/mol. The zero-order valence-electron chi connectivity index (χ0n) is 11.5. The van der Waals surface area contributed by atoms with E-state index in [-0.39, 0.29) is 17.4 Å². The Hall–Kier alpha value is -1.62. The first-order valence-corrected chi connectivity index (χ1v) is 6.31. The van der Waals surface area contributed by atoms with Gasteiger partial charge in [0.05, 0.1) is 5.56 Å². The molecule has 0 aromatic carbocycles. The normalized spacial score (nSPS) is 12.7. The largest absolute Gasteiger partial charge is 0.350 e. The second kappa shape index (κ2) is 6.02. The Kier molecular flexibility index (Phi) is 4.89. The topological polar surface area (TPSA) is 71.1 Å². The molecule has 0 aliphatic carbocycles. The van der Waals surface area contributed by atoms with Crippen LogP contribution in [0.1, 0.15) is 38.1 Å². The van der Waals surface area contributed by atoms with E-state index >= 15 is 0 Å². The fraction of sp³-hybridized carbons (Fsp3) is 0.462. The maximum Gasteiger partial charge on any atom is 0.253 e. The van der Waals surface area contributed by atoms with Crippen LogP contribution in [0.15, 0.2) is 18.3 Å². The van der Waals surface area contributed by atoms with Crippen LogP contribution in [-0.4, -0.2) is 28.4 Å². The van der Waals surface area contributed by atoms with Crippen LogP contribution in [0, 0.1) is 0 Å². The smallest absolute Gasteiger partial charge is 0.253 e. The lowest BCUT2D eigenvalue weighted by molar-refractivity contribution is -0.124. The summed E-state index contributed by atoms with van der Waals surface area (Å²) in [6.07, 6.45) is 1.37. The fourth-order valence-electron chi connectivity index (χ4n) is 1.33. The van der Waals surface area contributed by atoms with Crippen LogP contribution in [-0.2, 0) is 4.79 Å². The molecule has 1 aromatic rings. The van der Waals surface area contributed by atoms with Gasteiger partial charge < -0.3 is 10.6 Å². The van der Waals surface area contributed by atoms with Gasteiger partial charge in [0.1, 0.15) is 11.2 Å². The SMILES string of the molecule is CC(NC(=O)c1ccc(Cl)nc1)C(=O)NC(C)(C)C. The van der Waals surface area contributed by atoms with Crippen LogP contribution in [0.4, 0.5) is 0 Å². The summed E-state index contributed by atoms with van der Waals surface area (Å²) in [5.41, 5.74) is 0.0255. The number of nitrogens with zero attached hydrogens (tertiary/aromatic N) is 1. The van der Waals surface area contributed by atoms with Crippen LogP contribution in [0.25, 0.3) is 0 Å². The molecule has 0 saturated carbocycles. The first-order valence-electron chi connectivity index (χ1n) is 5.93. The maximum atomic E-state index is 11.9. The molecule has 1 heterocycles. The van der Waals surface area contributed by atoms with Gasteiger partial charge in [-0.3, -0.25) is 9.59 Å². The summed E-state index contributed by atoms with van der Waals surface area (Å²) < 4.78 is 0. The summed E-state index contributed by atoms with van der Waals surface area (Å²) in [5, 5.41) is 5.71. The lowest BCUT2D eigenvalue weighted by Crippen LogP contribution is -2.50. The van der Waals surface area contributed by atoms with E-state index in [9.17, 15) is 9.59 Å². The van der Waals surface area contributed by atoms with Gasteiger partial charge in [-0.2, -0.15) is 0 Å². The Morgan fingerprint density at radius 2 is 1.95 bits per heavy atom. The van der Waals surface area contributed by atoms with Crippen molar-refractivity contribution in [2.75, 3.05) is 0 Å². The molecule has 0 spiro atoms. The van der Waals surface area contributed by atoms with E-state index in [2.05, 4.69) is 15.6 Å². The lowest BCUT2D eigenvalue weighted by Gasteiger charge is -2.23. The van der Waals surface area contributed by atoms with Gasteiger partial charge in [0.15, 0.2) is 0 Å². The number of carbonyl (C=O) groups is 2. The number of pyridine rings is 1. The molecule has 2 amide bonds. The van der Waals surface area contributed by atoms with E-state index in [1.165, 1.54) is 12.3 Å². The maximum absolute atomic E-state index is 11.9. The Morgan fingerprint density at radius 1 is 1.32 bits per heavy atom. The average Bonchev–Trinajstić information content (AvgIpc) is 2.27. The molecule has 6 heteroatoms. The van der Waals surface area contributed by atoms with Crippen LogP contribution >= 0.6 is 11.6 Å². The number of hydrogen-bond acceptors (Lipinski definition) is 3. The minimum absolute atomic E-state index is 0.234. The van der Waals surface area contributed by atoms with Gasteiger partial charge in [0.2, 0.25) is 5.91 Å². The number of rotatable bonds is 3. The summed E-state index contributed by atoms with van der Waals surface area (Å²) in [7, 11) is 0. The van der Waals surface area contributed by atoms with Crippen molar-refractivity contribution in [2.24, 2.45) is 0 Å². The zero-order chi connectivity index (χ0) is 14.6. The van der Waals surface area contributed by atoms with Crippen LogP contribution < -0.4 is 10.6 Å². The lowest BCUT2D eigenvalue weighted by atomic mass is 10.1. The molecular weight excluding hydrogens is 266 g/mol. The van der Waals surface area contributed by atoms with E-state index in [0.29, 0.717) is 10.7 Å². The van der Waals surface area contributed by atoms with Crippen molar-refractivity contribution in [3.63, 3.8) is 0 Å². The quantitative estimate of drug-likeness (QED) is 0.831.